The number of halogens is 1. The first-order valence-electron chi connectivity index (χ1n) is 5.63. The van der Waals surface area contributed by atoms with Crippen LogP contribution in [0.15, 0.2) is 24.3 Å². The molecule has 1 aromatic rings. The van der Waals surface area contributed by atoms with E-state index in [2.05, 4.69) is 0 Å². The summed E-state index contributed by atoms with van der Waals surface area (Å²) in [6.45, 7) is 5.49. The van der Waals surface area contributed by atoms with Crippen molar-refractivity contribution in [2.45, 2.75) is 33.6 Å². The van der Waals surface area contributed by atoms with E-state index in [0.29, 0.717) is 5.56 Å². The molecule has 0 aromatic heterocycles. The summed E-state index contributed by atoms with van der Waals surface area (Å²) in [5, 5.41) is 0. The maximum absolute atomic E-state index is 12.7. The molecule has 0 radical (unpaired) electrons. The van der Waals surface area contributed by atoms with Crippen molar-refractivity contribution in [1.82, 2.24) is 0 Å². The Morgan fingerprint density at radius 3 is 2.06 bits per heavy atom. The highest BCUT2D eigenvalue weighted by atomic mass is 19.1. The Hall–Kier alpha value is -1.51. The van der Waals surface area contributed by atoms with Gasteiger partial charge in [-0.1, -0.05) is 20.8 Å². The molecule has 0 unspecified atom stereocenters. The van der Waals surface area contributed by atoms with Gasteiger partial charge in [0, 0.05) is 23.8 Å². The molecule has 0 atom stereocenters. The fourth-order valence-corrected chi connectivity index (χ4v) is 1.38. The second-order valence-electron chi connectivity index (χ2n) is 5.10. The maximum atomic E-state index is 12.7. The molecule has 0 N–H and O–H groups in total. The molecule has 0 aliphatic rings. The van der Waals surface area contributed by atoms with Gasteiger partial charge in [0.25, 0.3) is 0 Å². The van der Waals surface area contributed by atoms with Crippen molar-refractivity contribution in [2.24, 2.45) is 5.41 Å². The van der Waals surface area contributed by atoms with Gasteiger partial charge in [0.15, 0.2) is 5.78 Å². The van der Waals surface area contributed by atoms with Gasteiger partial charge in [0.2, 0.25) is 0 Å². The van der Waals surface area contributed by atoms with Crippen LogP contribution in [-0.2, 0) is 4.79 Å². The highest BCUT2D eigenvalue weighted by Crippen LogP contribution is 2.18. The van der Waals surface area contributed by atoms with Crippen LogP contribution in [0.4, 0.5) is 4.39 Å². The molecule has 17 heavy (non-hydrogen) atoms. The second kappa shape index (κ2) is 5.21. The van der Waals surface area contributed by atoms with E-state index in [1.807, 2.05) is 20.8 Å². The van der Waals surface area contributed by atoms with E-state index >= 15 is 0 Å². The third-order valence-electron chi connectivity index (χ3n) is 2.58. The summed E-state index contributed by atoms with van der Waals surface area (Å²) >= 11 is 0. The summed E-state index contributed by atoms with van der Waals surface area (Å²) in [4.78, 5) is 23.4. The Balaban J connectivity index is 2.56. The summed E-state index contributed by atoms with van der Waals surface area (Å²) in [7, 11) is 0. The average Bonchev–Trinajstić information content (AvgIpc) is 2.25. The molecule has 1 aromatic carbocycles. The van der Waals surface area contributed by atoms with Gasteiger partial charge in [-0.15, -0.1) is 0 Å². The minimum atomic E-state index is -0.414. The second-order valence-corrected chi connectivity index (χ2v) is 5.10. The van der Waals surface area contributed by atoms with Crippen LogP contribution in [0.2, 0.25) is 0 Å². The minimum Gasteiger partial charge on any atom is -0.299 e. The van der Waals surface area contributed by atoms with Crippen molar-refractivity contribution in [3.63, 3.8) is 0 Å². The Bertz CT molecular complexity index is 413. The zero-order chi connectivity index (χ0) is 13.1. The fourth-order valence-electron chi connectivity index (χ4n) is 1.38. The molecule has 0 bridgehead atoms. The molecule has 1 rings (SSSR count). The van der Waals surface area contributed by atoms with Crippen LogP contribution < -0.4 is 0 Å². The zero-order valence-electron chi connectivity index (χ0n) is 10.4. The molecule has 0 saturated carbocycles. The number of ketones is 2. The lowest BCUT2D eigenvalue weighted by Gasteiger charge is -2.15. The first-order chi connectivity index (χ1) is 7.80. The molecule has 0 heterocycles. The molecule has 0 aliphatic heterocycles. The predicted molar refractivity (Wildman–Crippen MR) is 64.4 cm³/mol. The fraction of sp³-hybridized carbons (Fsp3) is 0.429. The first kappa shape index (κ1) is 13.6. The third-order valence-corrected chi connectivity index (χ3v) is 2.58. The number of Topliss-reactive ketones (excluding diaryl/α,β-unsaturated/α-hetero) is 2. The lowest BCUT2D eigenvalue weighted by Crippen LogP contribution is -2.20. The molecular formula is C14H17FO2. The van der Waals surface area contributed by atoms with Crippen LogP contribution >= 0.6 is 0 Å². The number of hydrogen-bond acceptors (Lipinski definition) is 2. The molecule has 0 saturated heterocycles. The Labute approximate surface area is 101 Å². The quantitative estimate of drug-likeness (QED) is 0.751. The van der Waals surface area contributed by atoms with E-state index in [0.717, 1.165) is 0 Å². The molecule has 0 aliphatic carbocycles. The maximum Gasteiger partial charge on any atom is 0.163 e. The van der Waals surface area contributed by atoms with Crippen LogP contribution in [0.3, 0.4) is 0 Å². The van der Waals surface area contributed by atoms with Crippen molar-refractivity contribution in [3.05, 3.63) is 35.6 Å². The molecular weight excluding hydrogens is 219 g/mol. The Morgan fingerprint density at radius 1 is 1.06 bits per heavy atom. The van der Waals surface area contributed by atoms with Crippen LogP contribution in [-0.4, -0.2) is 11.6 Å². The van der Waals surface area contributed by atoms with E-state index in [4.69, 9.17) is 0 Å². The van der Waals surface area contributed by atoms with Crippen molar-refractivity contribution >= 4 is 11.6 Å². The van der Waals surface area contributed by atoms with E-state index in [9.17, 15) is 14.0 Å². The van der Waals surface area contributed by atoms with Gasteiger partial charge < -0.3 is 0 Å². The largest absolute Gasteiger partial charge is 0.299 e. The zero-order valence-corrected chi connectivity index (χ0v) is 10.4. The van der Waals surface area contributed by atoms with Crippen LogP contribution in [0.1, 0.15) is 44.0 Å². The first-order valence-corrected chi connectivity index (χ1v) is 5.63. The molecule has 0 amide bonds. The van der Waals surface area contributed by atoms with Gasteiger partial charge in [-0.3, -0.25) is 9.59 Å². The van der Waals surface area contributed by atoms with Gasteiger partial charge >= 0.3 is 0 Å². The van der Waals surface area contributed by atoms with Crippen LogP contribution in [0.5, 0.6) is 0 Å². The summed E-state index contributed by atoms with van der Waals surface area (Å²) < 4.78 is 12.7. The molecule has 0 fully saturated rings. The summed E-state index contributed by atoms with van der Waals surface area (Å²) in [5.41, 5.74) is 0.0383. The smallest absolute Gasteiger partial charge is 0.163 e. The molecule has 92 valence electrons. The lowest BCUT2D eigenvalue weighted by atomic mass is 9.87. The highest BCUT2D eigenvalue weighted by molar-refractivity contribution is 5.98. The van der Waals surface area contributed by atoms with Gasteiger partial charge in [-0.2, -0.15) is 0 Å². The highest BCUT2D eigenvalue weighted by Gasteiger charge is 2.21. The van der Waals surface area contributed by atoms with Crippen molar-refractivity contribution in [1.29, 1.82) is 0 Å². The van der Waals surface area contributed by atoms with Gasteiger partial charge in [-0.05, 0) is 24.3 Å². The van der Waals surface area contributed by atoms with Crippen molar-refractivity contribution < 1.29 is 14.0 Å². The van der Waals surface area contributed by atoms with Crippen molar-refractivity contribution in [3.8, 4) is 0 Å². The van der Waals surface area contributed by atoms with Crippen LogP contribution in [0, 0.1) is 11.2 Å². The number of benzene rings is 1. The standard InChI is InChI=1S/C14H17FO2/c1-14(2,3)13(17)9-8-12(16)10-4-6-11(15)7-5-10/h4-7H,8-9H2,1-3H3. The Kier molecular flexibility index (Phi) is 4.16. The van der Waals surface area contributed by atoms with Gasteiger partial charge in [-0.25, -0.2) is 4.39 Å². The lowest BCUT2D eigenvalue weighted by molar-refractivity contribution is -0.126. The molecule has 0 spiro atoms. The van der Waals surface area contributed by atoms with Crippen molar-refractivity contribution in [2.75, 3.05) is 0 Å². The van der Waals surface area contributed by atoms with Gasteiger partial charge in [0.05, 0.1) is 0 Å². The third kappa shape index (κ3) is 4.10. The minimum absolute atomic E-state index is 0.0629. The average molecular weight is 236 g/mol. The summed E-state index contributed by atoms with van der Waals surface area (Å²) in [6, 6.07) is 5.39. The number of carbonyl (C=O) groups excluding carboxylic acids is 2. The number of hydrogen-bond donors (Lipinski definition) is 0. The predicted octanol–water partition coefficient (Wildman–Crippen LogP) is 3.40. The SMILES string of the molecule is CC(C)(C)C(=O)CCC(=O)c1ccc(F)cc1. The number of rotatable bonds is 4. The number of carbonyl (C=O) groups is 2. The topological polar surface area (TPSA) is 34.1 Å². The monoisotopic (exact) mass is 236 g/mol. The van der Waals surface area contributed by atoms with E-state index in [1.54, 1.807) is 0 Å². The summed E-state index contributed by atoms with van der Waals surface area (Å²) in [6.07, 6.45) is 0.418. The molecule has 2 nitrogen and oxygen atoms in total. The van der Waals surface area contributed by atoms with E-state index in [1.165, 1.54) is 24.3 Å². The van der Waals surface area contributed by atoms with Crippen LogP contribution in [0.25, 0.3) is 0 Å². The van der Waals surface area contributed by atoms with Gasteiger partial charge in [0.1, 0.15) is 11.6 Å². The molecule has 3 heteroatoms. The van der Waals surface area contributed by atoms with E-state index < -0.39 is 5.41 Å². The summed E-state index contributed by atoms with van der Waals surface area (Å²) in [5.74, 6) is -0.428. The normalized spacial score (nSPS) is 11.3. The van der Waals surface area contributed by atoms with E-state index in [-0.39, 0.29) is 30.2 Å². The Morgan fingerprint density at radius 2 is 1.59 bits per heavy atom.